The van der Waals surface area contributed by atoms with E-state index in [2.05, 4.69) is 11.4 Å². The van der Waals surface area contributed by atoms with E-state index in [1.54, 1.807) is 20.9 Å². The number of benzene rings is 1. The van der Waals surface area contributed by atoms with Gasteiger partial charge in [-0.2, -0.15) is 5.26 Å². The molecule has 0 saturated heterocycles. The van der Waals surface area contributed by atoms with Crippen molar-refractivity contribution in [1.82, 2.24) is 4.57 Å². The highest BCUT2D eigenvalue weighted by Crippen LogP contribution is 2.41. The molecule has 0 atom stereocenters. The predicted octanol–water partition coefficient (Wildman–Crippen LogP) is 4.33. The van der Waals surface area contributed by atoms with Crippen LogP contribution in [0.15, 0.2) is 23.6 Å². The maximum atomic E-state index is 12.8. The van der Waals surface area contributed by atoms with E-state index >= 15 is 0 Å². The number of nitriles is 1. The number of thiophene rings is 1. The summed E-state index contributed by atoms with van der Waals surface area (Å²) in [7, 11) is 1.70. The number of rotatable bonds is 7. The zero-order chi connectivity index (χ0) is 21.8. The minimum atomic E-state index is -0.568. The summed E-state index contributed by atoms with van der Waals surface area (Å²) in [5.41, 5.74) is 3.32. The summed E-state index contributed by atoms with van der Waals surface area (Å²) in [5, 5.41) is 15.8. The Morgan fingerprint density at radius 2 is 2.00 bits per heavy atom. The number of aromatic nitrogens is 1. The molecule has 156 valence electrons. The monoisotopic (exact) mass is 425 g/mol. The molecule has 2 aromatic heterocycles. The average Bonchev–Trinajstić information content (AvgIpc) is 3.33. The lowest BCUT2D eigenvalue weighted by atomic mass is 9.97. The Bertz CT molecular complexity index is 1140. The van der Waals surface area contributed by atoms with Crippen LogP contribution in [0, 0.1) is 18.3 Å². The van der Waals surface area contributed by atoms with E-state index in [1.165, 1.54) is 15.9 Å². The molecule has 3 rings (SSSR count). The lowest BCUT2D eigenvalue weighted by Crippen LogP contribution is -2.20. The number of hydrogen-bond donors (Lipinski definition) is 1. The largest absolute Gasteiger partial charge is 0.465 e. The molecule has 0 fully saturated rings. The molecule has 1 N–H and O–H groups in total. The van der Waals surface area contributed by atoms with E-state index in [9.17, 15) is 14.9 Å². The summed E-state index contributed by atoms with van der Waals surface area (Å²) >= 11 is 1.53. The number of ether oxygens (including phenoxy) is 2. The Labute approximate surface area is 178 Å². The molecule has 0 amide bonds. The lowest BCUT2D eigenvalue weighted by molar-refractivity contribution is -0.143. The molecule has 0 saturated carbocycles. The van der Waals surface area contributed by atoms with Gasteiger partial charge in [0.25, 0.3) is 0 Å². The minimum absolute atomic E-state index is 0.188. The van der Waals surface area contributed by atoms with Crippen molar-refractivity contribution < 1.29 is 19.1 Å². The van der Waals surface area contributed by atoms with Crippen LogP contribution in [-0.4, -0.2) is 36.8 Å². The Hall–Kier alpha value is -3.31. The summed E-state index contributed by atoms with van der Waals surface area (Å²) in [6, 6.07) is 8.10. The molecule has 0 spiro atoms. The number of nitrogens with one attached hydrogen (secondary N) is 1. The number of carbonyl (C=O) groups is 2. The molecule has 1 aromatic carbocycles. The highest BCUT2D eigenvalue weighted by atomic mass is 32.1. The van der Waals surface area contributed by atoms with Crippen molar-refractivity contribution in [2.75, 3.05) is 25.6 Å². The van der Waals surface area contributed by atoms with Crippen LogP contribution in [0.2, 0.25) is 0 Å². The van der Waals surface area contributed by atoms with E-state index in [1.807, 2.05) is 30.5 Å². The Morgan fingerprint density at radius 3 is 2.57 bits per heavy atom. The van der Waals surface area contributed by atoms with E-state index in [4.69, 9.17) is 9.47 Å². The standard InChI is InChI=1S/C22H23N3O4S/c1-5-28-17(26)12-25-20-14(19(24-4)21(25)22(27)29-6-2)10-13(3)18(15(20)11-23)16-8-7-9-30-16/h7-10,24H,5-6,12H2,1-4H3. The smallest absolute Gasteiger partial charge is 0.357 e. The highest BCUT2D eigenvalue weighted by Gasteiger charge is 2.29. The van der Waals surface area contributed by atoms with Crippen molar-refractivity contribution in [1.29, 1.82) is 5.26 Å². The fraction of sp³-hybridized carbons (Fsp3) is 0.318. The van der Waals surface area contributed by atoms with Gasteiger partial charge in [-0.15, -0.1) is 11.3 Å². The van der Waals surface area contributed by atoms with Crippen LogP contribution in [0.25, 0.3) is 21.3 Å². The van der Waals surface area contributed by atoms with Crippen LogP contribution in [0.4, 0.5) is 5.69 Å². The number of carbonyl (C=O) groups excluding carboxylic acids is 2. The van der Waals surface area contributed by atoms with Crippen LogP contribution in [0.3, 0.4) is 0 Å². The summed E-state index contributed by atoms with van der Waals surface area (Å²) < 4.78 is 11.9. The fourth-order valence-corrected chi connectivity index (χ4v) is 4.50. The van der Waals surface area contributed by atoms with Crippen molar-refractivity contribution in [3.63, 3.8) is 0 Å². The third kappa shape index (κ3) is 3.64. The summed E-state index contributed by atoms with van der Waals surface area (Å²) in [5.74, 6) is -1.06. The number of hydrogen-bond acceptors (Lipinski definition) is 7. The van der Waals surface area contributed by atoms with Gasteiger partial charge in [0, 0.05) is 22.9 Å². The molecule has 0 aliphatic heterocycles. The molecule has 0 bridgehead atoms. The van der Waals surface area contributed by atoms with Crippen molar-refractivity contribution in [3.05, 3.63) is 40.4 Å². The first-order valence-corrected chi connectivity index (χ1v) is 10.5. The molecule has 0 aliphatic carbocycles. The summed E-state index contributed by atoms with van der Waals surface area (Å²) in [6.45, 7) is 5.57. The van der Waals surface area contributed by atoms with E-state index in [-0.39, 0.29) is 25.5 Å². The second-order valence-corrected chi connectivity index (χ2v) is 7.46. The number of anilines is 1. The maximum absolute atomic E-state index is 12.8. The Balaban J connectivity index is 2.44. The van der Waals surface area contributed by atoms with Gasteiger partial charge < -0.3 is 19.4 Å². The van der Waals surface area contributed by atoms with E-state index in [0.29, 0.717) is 22.2 Å². The zero-order valence-electron chi connectivity index (χ0n) is 17.4. The van der Waals surface area contributed by atoms with E-state index < -0.39 is 11.9 Å². The van der Waals surface area contributed by atoms with Crippen LogP contribution >= 0.6 is 11.3 Å². The molecule has 2 heterocycles. The molecule has 0 unspecified atom stereocenters. The van der Waals surface area contributed by atoms with Crippen molar-refractivity contribution >= 4 is 39.9 Å². The average molecular weight is 426 g/mol. The SMILES string of the molecule is CCOC(=O)Cn1c(C(=O)OCC)c(NC)c2cc(C)c(-c3cccs3)c(C#N)c21. The molecule has 30 heavy (non-hydrogen) atoms. The quantitative estimate of drug-likeness (QED) is 0.566. The van der Waals surface area contributed by atoms with Gasteiger partial charge in [-0.3, -0.25) is 4.79 Å². The number of nitrogens with zero attached hydrogens (tertiary/aromatic N) is 2. The Morgan fingerprint density at radius 1 is 1.27 bits per heavy atom. The van der Waals surface area contributed by atoms with Gasteiger partial charge >= 0.3 is 11.9 Å². The van der Waals surface area contributed by atoms with Crippen LogP contribution in [0.5, 0.6) is 0 Å². The van der Waals surface area contributed by atoms with Gasteiger partial charge in [0.05, 0.1) is 30.0 Å². The lowest BCUT2D eigenvalue weighted by Gasteiger charge is -2.13. The van der Waals surface area contributed by atoms with Gasteiger partial charge in [-0.05, 0) is 43.8 Å². The highest BCUT2D eigenvalue weighted by molar-refractivity contribution is 7.13. The summed E-state index contributed by atoms with van der Waals surface area (Å²) in [4.78, 5) is 26.1. The van der Waals surface area contributed by atoms with Crippen LogP contribution in [-0.2, 0) is 20.8 Å². The molecular weight excluding hydrogens is 402 g/mol. The first kappa shape index (κ1) is 21.4. The maximum Gasteiger partial charge on any atom is 0.357 e. The third-order valence-corrected chi connectivity index (χ3v) is 5.62. The number of fused-ring (bicyclic) bond motifs is 1. The summed E-state index contributed by atoms with van der Waals surface area (Å²) in [6.07, 6.45) is 0. The second kappa shape index (κ2) is 9.01. The van der Waals surface area contributed by atoms with Gasteiger partial charge in [-0.25, -0.2) is 4.79 Å². The van der Waals surface area contributed by atoms with Crippen molar-refractivity contribution in [3.8, 4) is 16.5 Å². The van der Waals surface area contributed by atoms with Crippen LogP contribution < -0.4 is 5.32 Å². The third-order valence-electron chi connectivity index (χ3n) is 4.73. The molecule has 8 heteroatoms. The van der Waals surface area contributed by atoms with Gasteiger partial charge in [-0.1, -0.05) is 6.07 Å². The fourth-order valence-electron chi connectivity index (χ4n) is 3.66. The molecule has 0 aliphatic rings. The van der Waals surface area contributed by atoms with Gasteiger partial charge in [0.2, 0.25) is 0 Å². The van der Waals surface area contributed by atoms with Crippen LogP contribution in [0.1, 0.15) is 35.5 Å². The number of esters is 2. The predicted molar refractivity (Wildman–Crippen MR) is 117 cm³/mol. The first-order chi connectivity index (χ1) is 14.5. The van der Waals surface area contributed by atoms with E-state index in [0.717, 1.165) is 16.0 Å². The topological polar surface area (TPSA) is 93.3 Å². The second-order valence-electron chi connectivity index (χ2n) is 6.51. The van der Waals surface area contributed by atoms with Gasteiger partial charge in [0.1, 0.15) is 12.6 Å². The minimum Gasteiger partial charge on any atom is -0.465 e. The van der Waals surface area contributed by atoms with Crippen molar-refractivity contribution in [2.24, 2.45) is 0 Å². The molecule has 0 radical (unpaired) electrons. The first-order valence-electron chi connectivity index (χ1n) is 9.62. The van der Waals surface area contributed by atoms with Crippen molar-refractivity contribution in [2.45, 2.75) is 27.3 Å². The zero-order valence-corrected chi connectivity index (χ0v) is 18.2. The molecule has 3 aromatic rings. The molecule has 7 nitrogen and oxygen atoms in total. The normalized spacial score (nSPS) is 10.6. The Kier molecular flexibility index (Phi) is 6.43. The number of aryl methyl sites for hydroxylation is 1. The van der Waals surface area contributed by atoms with Gasteiger partial charge in [0.15, 0.2) is 5.69 Å². The molecular formula is C22H23N3O4S.